The predicted molar refractivity (Wildman–Crippen MR) is 103 cm³/mol. The van der Waals surface area contributed by atoms with Gasteiger partial charge in [-0.25, -0.2) is 0 Å². The van der Waals surface area contributed by atoms with Crippen LogP contribution in [-0.4, -0.2) is 18.4 Å². The van der Waals surface area contributed by atoms with E-state index in [0.717, 1.165) is 4.47 Å². The number of rotatable bonds is 5. The van der Waals surface area contributed by atoms with Crippen LogP contribution >= 0.6 is 31.9 Å². The summed E-state index contributed by atoms with van der Waals surface area (Å²) in [5.74, 6) is 0.0985. The lowest BCUT2D eigenvalue weighted by Gasteiger charge is -2.12. The number of carbonyl (C=O) groups excluding carboxylic acids is 2. The number of carbonyl (C=O) groups is 2. The molecule has 2 rings (SSSR count). The highest BCUT2D eigenvalue weighted by molar-refractivity contribution is 9.10. The van der Waals surface area contributed by atoms with Crippen molar-refractivity contribution in [1.82, 2.24) is 10.9 Å². The van der Waals surface area contributed by atoms with Gasteiger partial charge >= 0.3 is 0 Å². The molecule has 2 aromatic carbocycles. The van der Waals surface area contributed by atoms with Crippen LogP contribution < -0.4 is 15.6 Å². The van der Waals surface area contributed by atoms with Crippen LogP contribution in [0.5, 0.6) is 5.75 Å². The van der Waals surface area contributed by atoms with Crippen molar-refractivity contribution in [2.75, 3.05) is 6.61 Å². The average Bonchev–Trinajstić information content (AvgIpc) is 2.58. The Hall–Kier alpha value is -1.86. The van der Waals surface area contributed by atoms with Crippen LogP contribution in [0.1, 0.15) is 35.7 Å². The molecular formula is C18H18Br2N2O3. The molecular weight excluding hydrogens is 452 g/mol. The first-order valence-corrected chi connectivity index (χ1v) is 9.23. The summed E-state index contributed by atoms with van der Waals surface area (Å²) >= 11 is 6.72. The van der Waals surface area contributed by atoms with Gasteiger partial charge in [-0.05, 0) is 67.6 Å². The molecule has 25 heavy (non-hydrogen) atoms. The summed E-state index contributed by atoms with van der Waals surface area (Å²) < 4.78 is 6.90. The van der Waals surface area contributed by atoms with Gasteiger partial charge in [-0.15, -0.1) is 0 Å². The molecule has 0 spiro atoms. The third kappa shape index (κ3) is 5.57. The molecule has 0 radical (unpaired) electrons. The Balaban J connectivity index is 1.85. The second-order valence-electron chi connectivity index (χ2n) is 5.62. The van der Waals surface area contributed by atoms with E-state index in [2.05, 4.69) is 56.6 Å². The van der Waals surface area contributed by atoms with Crippen molar-refractivity contribution >= 4 is 43.7 Å². The first-order chi connectivity index (χ1) is 11.9. The van der Waals surface area contributed by atoms with Crippen LogP contribution in [0, 0.1) is 0 Å². The lowest BCUT2D eigenvalue weighted by Crippen LogP contribution is -2.43. The third-order valence-corrected chi connectivity index (χ3v) is 4.73. The molecule has 0 saturated carbocycles. The van der Waals surface area contributed by atoms with E-state index in [9.17, 15) is 9.59 Å². The van der Waals surface area contributed by atoms with Gasteiger partial charge < -0.3 is 4.74 Å². The zero-order valence-corrected chi connectivity index (χ0v) is 17.0. The average molecular weight is 470 g/mol. The standard InChI is InChI=1S/C18H18Br2N2O3/c1-11(2)12-7-8-16(15(20)9-12)25-10-17(23)21-22-18(24)13-5-3-4-6-14(13)19/h3-9,11H,10H2,1-2H3,(H,21,23)(H,22,24). The van der Waals surface area contributed by atoms with E-state index in [4.69, 9.17) is 4.74 Å². The van der Waals surface area contributed by atoms with E-state index in [0.29, 0.717) is 21.7 Å². The predicted octanol–water partition coefficient (Wildman–Crippen LogP) is 4.18. The van der Waals surface area contributed by atoms with Crippen LogP contribution in [-0.2, 0) is 4.79 Å². The van der Waals surface area contributed by atoms with E-state index in [-0.39, 0.29) is 6.61 Å². The summed E-state index contributed by atoms with van der Waals surface area (Å²) in [6.45, 7) is 3.99. The SMILES string of the molecule is CC(C)c1ccc(OCC(=O)NNC(=O)c2ccccc2Br)c(Br)c1. The summed E-state index contributed by atoms with van der Waals surface area (Å²) in [4.78, 5) is 23.8. The Bertz CT molecular complexity index is 779. The maximum Gasteiger partial charge on any atom is 0.276 e. The molecule has 2 aromatic rings. The van der Waals surface area contributed by atoms with Gasteiger partial charge in [-0.1, -0.05) is 32.0 Å². The van der Waals surface area contributed by atoms with Gasteiger partial charge in [0.2, 0.25) is 0 Å². The second-order valence-corrected chi connectivity index (χ2v) is 7.32. The Kier molecular flexibility index (Phi) is 7.01. The van der Waals surface area contributed by atoms with Crippen LogP contribution in [0.4, 0.5) is 0 Å². The number of halogens is 2. The van der Waals surface area contributed by atoms with Gasteiger partial charge in [0.1, 0.15) is 5.75 Å². The molecule has 5 nitrogen and oxygen atoms in total. The van der Waals surface area contributed by atoms with Crippen molar-refractivity contribution in [3.05, 3.63) is 62.5 Å². The highest BCUT2D eigenvalue weighted by Crippen LogP contribution is 2.28. The fourth-order valence-electron chi connectivity index (χ4n) is 2.01. The van der Waals surface area contributed by atoms with E-state index >= 15 is 0 Å². The first-order valence-electron chi connectivity index (χ1n) is 7.64. The second kappa shape index (κ2) is 9.01. The van der Waals surface area contributed by atoms with E-state index < -0.39 is 11.8 Å². The van der Waals surface area contributed by atoms with Gasteiger partial charge in [-0.2, -0.15) is 0 Å². The largest absolute Gasteiger partial charge is 0.483 e. The van der Waals surface area contributed by atoms with Crippen LogP contribution in [0.25, 0.3) is 0 Å². The minimum Gasteiger partial charge on any atom is -0.483 e. The molecule has 0 aliphatic rings. The Morgan fingerprint density at radius 1 is 1.04 bits per heavy atom. The number of hydrogen-bond donors (Lipinski definition) is 2. The fraction of sp³-hybridized carbons (Fsp3) is 0.222. The summed E-state index contributed by atoms with van der Waals surface area (Å²) in [5.41, 5.74) is 6.28. The number of ether oxygens (including phenoxy) is 1. The Morgan fingerprint density at radius 2 is 1.76 bits per heavy atom. The number of hydrazine groups is 1. The Morgan fingerprint density at radius 3 is 2.40 bits per heavy atom. The molecule has 132 valence electrons. The van der Waals surface area contributed by atoms with Crippen molar-refractivity contribution in [2.45, 2.75) is 19.8 Å². The first kappa shape index (κ1) is 19.5. The number of amides is 2. The van der Waals surface area contributed by atoms with Gasteiger partial charge in [0.05, 0.1) is 10.0 Å². The van der Waals surface area contributed by atoms with Crippen LogP contribution in [0.15, 0.2) is 51.4 Å². The molecule has 7 heteroatoms. The monoisotopic (exact) mass is 468 g/mol. The van der Waals surface area contributed by atoms with E-state index in [1.165, 1.54) is 5.56 Å². The van der Waals surface area contributed by atoms with Crippen molar-refractivity contribution in [3.63, 3.8) is 0 Å². The van der Waals surface area contributed by atoms with Crippen molar-refractivity contribution < 1.29 is 14.3 Å². The molecule has 2 N–H and O–H groups in total. The summed E-state index contributed by atoms with van der Waals surface area (Å²) in [6, 6.07) is 12.7. The summed E-state index contributed by atoms with van der Waals surface area (Å²) in [7, 11) is 0. The molecule has 2 amide bonds. The lowest BCUT2D eigenvalue weighted by molar-refractivity contribution is -0.123. The fourth-order valence-corrected chi connectivity index (χ4v) is 2.99. The molecule has 0 heterocycles. The maximum atomic E-state index is 12.0. The summed E-state index contributed by atoms with van der Waals surface area (Å²) in [5, 5.41) is 0. The third-order valence-electron chi connectivity index (χ3n) is 3.42. The van der Waals surface area contributed by atoms with Crippen molar-refractivity contribution in [2.24, 2.45) is 0 Å². The lowest BCUT2D eigenvalue weighted by atomic mass is 10.0. The molecule has 0 aliphatic carbocycles. The van der Waals surface area contributed by atoms with Gasteiger partial charge in [0.25, 0.3) is 11.8 Å². The van der Waals surface area contributed by atoms with Gasteiger partial charge in [-0.3, -0.25) is 20.4 Å². The molecule has 0 unspecified atom stereocenters. The zero-order chi connectivity index (χ0) is 18.4. The molecule has 0 saturated heterocycles. The molecule has 0 fully saturated rings. The van der Waals surface area contributed by atoms with E-state index in [1.54, 1.807) is 24.3 Å². The van der Waals surface area contributed by atoms with Gasteiger partial charge in [0, 0.05) is 4.47 Å². The quantitative estimate of drug-likeness (QED) is 0.645. The topological polar surface area (TPSA) is 67.4 Å². The van der Waals surface area contributed by atoms with Crippen molar-refractivity contribution in [1.29, 1.82) is 0 Å². The minimum atomic E-state index is -0.458. The summed E-state index contributed by atoms with van der Waals surface area (Å²) in [6.07, 6.45) is 0. The number of nitrogens with one attached hydrogen (secondary N) is 2. The van der Waals surface area contributed by atoms with Crippen LogP contribution in [0.3, 0.4) is 0 Å². The number of hydrogen-bond acceptors (Lipinski definition) is 3. The minimum absolute atomic E-state index is 0.212. The maximum absolute atomic E-state index is 12.0. The molecule has 0 atom stereocenters. The molecule has 0 bridgehead atoms. The highest BCUT2D eigenvalue weighted by Gasteiger charge is 2.11. The molecule has 0 aromatic heterocycles. The number of benzene rings is 2. The zero-order valence-electron chi connectivity index (χ0n) is 13.8. The highest BCUT2D eigenvalue weighted by atomic mass is 79.9. The van der Waals surface area contributed by atoms with Gasteiger partial charge in [0.15, 0.2) is 6.61 Å². The molecule has 0 aliphatic heterocycles. The normalized spacial score (nSPS) is 10.4. The Labute approximate surface area is 163 Å². The smallest absolute Gasteiger partial charge is 0.276 e. The van der Waals surface area contributed by atoms with E-state index in [1.807, 2.05) is 18.2 Å². The van der Waals surface area contributed by atoms with Crippen molar-refractivity contribution in [3.8, 4) is 5.75 Å². The van der Waals surface area contributed by atoms with Crippen LogP contribution in [0.2, 0.25) is 0 Å².